The molecule has 0 aromatic heterocycles. The maximum Gasteiger partial charge on any atom is 0.408 e. The Morgan fingerprint density at radius 2 is 2.56 bits per heavy atom. The van der Waals surface area contributed by atoms with Gasteiger partial charge in [-0.3, -0.25) is 4.90 Å². The Morgan fingerprint density at radius 3 is 2.78 bits per heavy atom. The van der Waals surface area contributed by atoms with E-state index in [-0.39, 0.29) is 4.71 Å². The van der Waals surface area contributed by atoms with Crippen molar-refractivity contribution in [3.63, 3.8) is 0 Å². The molecule has 1 atom stereocenters. The zero-order valence-electron chi connectivity index (χ0n) is 4.65. The zero-order valence-corrected chi connectivity index (χ0v) is 6.36. The van der Waals surface area contributed by atoms with Crippen molar-refractivity contribution in [3.05, 3.63) is 0 Å². The highest BCUT2D eigenvalue weighted by atomic mass is 32.2. The number of nitrogens with zero attached hydrogens (tertiary/aromatic N) is 1. The fraction of sp³-hybridized carbons (Fsp3) is 0.750. The predicted molar refractivity (Wildman–Crippen MR) is 40.0 cm³/mol. The summed E-state index contributed by atoms with van der Waals surface area (Å²) < 4.78 is -0.150. The predicted octanol–water partition coefficient (Wildman–Crippen LogP) is 0.927. The molecule has 0 spiro atoms. The Balaban J connectivity index is 2.49. The number of thioether (sulfide) groups is 1. The van der Waals surface area contributed by atoms with E-state index in [4.69, 9.17) is 5.11 Å². The van der Waals surface area contributed by atoms with E-state index >= 15 is 0 Å². The van der Waals surface area contributed by atoms with Crippen molar-refractivity contribution >= 4 is 30.5 Å². The molecule has 0 radical (unpaired) electrons. The molecule has 1 saturated heterocycles. The third-order valence-corrected chi connectivity index (χ3v) is 2.81. The van der Waals surface area contributed by atoms with Crippen LogP contribution in [0.3, 0.4) is 0 Å². The third kappa shape index (κ3) is 1.46. The van der Waals surface area contributed by atoms with Crippen LogP contribution in [0.25, 0.3) is 0 Å². The zero-order chi connectivity index (χ0) is 6.85. The standard InChI is InChI=1S/C4H7NO2S2/c6-3(7)5-1-2-9-4(5)8/h4,8H,1-2H2,(H,6,7). The first-order valence-electron chi connectivity index (χ1n) is 2.51. The molecule has 1 aliphatic heterocycles. The minimum atomic E-state index is -0.875. The van der Waals surface area contributed by atoms with Crippen molar-refractivity contribution in [1.29, 1.82) is 0 Å². The van der Waals surface area contributed by atoms with Gasteiger partial charge in [0.25, 0.3) is 0 Å². The summed E-state index contributed by atoms with van der Waals surface area (Å²) in [5.74, 6) is 0.862. The number of amides is 1. The largest absolute Gasteiger partial charge is 0.465 e. The lowest BCUT2D eigenvalue weighted by molar-refractivity contribution is 0.156. The molecule has 0 bridgehead atoms. The average molecular weight is 165 g/mol. The summed E-state index contributed by atoms with van der Waals surface area (Å²) in [4.78, 5) is 11.6. The number of rotatable bonds is 0. The van der Waals surface area contributed by atoms with E-state index in [0.717, 1.165) is 5.75 Å². The molecule has 3 nitrogen and oxygen atoms in total. The summed E-state index contributed by atoms with van der Waals surface area (Å²) in [7, 11) is 0. The quantitative estimate of drug-likeness (QED) is 0.524. The molecule has 0 aromatic carbocycles. The maximum absolute atomic E-state index is 10.3. The minimum Gasteiger partial charge on any atom is -0.465 e. The second-order valence-electron chi connectivity index (χ2n) is 1.67. The monoisotopic (exact) mass is 165 g/mol. The van der Waals surface area contributed by atoms with Gasteiger partial charge in [-0.2, -0.15) is 0 Å². The minimum absolute atomic E-state index is 0.150. The molecule has 1 unspecified atom stereocenters. The van der Waals surface area contributed by atoms with Crippen molar-refractivity contribution in [2.75, 3.05) is 12.3 Å². The molecule has 0 aliphatic carbocycles. The van der Waals surface area contributed by atoms with Crippen molar-refractivity contribution in [3.8, 4) is 0 Å². The Labute approximate surface area is 62.8 Å². The van der Waals surface area contributed by atoms with E-state index in [1.807, 2.05) is 0 Å². The van der Waals surface area contributed by atoms with Gasteiger partial charge in [0.15, 0.2) is 0 Å². The van der Waals surface area contributed by atoms with Gasteiger partial charge in [0.2, 0.25) is 0 Å². The molecule has 9 heavy (non-hydrogen) atoms. The van der Waals surface area contributed by atoms with Crippen molar-refractivity contribution < 1.29 is 9.90 Å². The van der Waals surface area contributed by atoms with Gasteiger partial charge in [0.1, 0.15) is 4.71 Å². The summed E-state index contributed by atoms with van der Waals surface area (Å²) in [5, 5.41) is 8.45. The van der Waals surface area contributed by atoms with Crippen LogP contribution in [0, 0.1) is 0 Å². The highest BCUT2D eigenvalue weighted by Crippen LogP contribution is 2.25. The van der Waals surface area contributed by atoms with Crippen LogP contribution in [0.2, 0.25) is 0 Å². The highest BCUT2D eigenvalue weighted by Gasteiger charge is 2.25. The lowest BCUT2D eigenvalue weighted by atomic mass is 10.7. The van der Waals surface area contributed by atoms with Crippen molar-refractivity contribution in [2.45, 2.75) is 4.71 Å². The summed E-state index contributed by atoms with van der Waals surface area (Å²) >= 11 is 5.58. The first kappa shape index (κ1) is 7.08. The molecule has 1 rings (SSSR count). The normalized spacial score (nSPS) is 26.8. The van der Waals surface area contributed by atoms with Crippen molar-refractivity contribution in [1.82, 2.24) is 4.90 Å². The SMILES string of the molecule is O=C(O)N1CCSC1S. The summed E-state index contributed by atoms with van der Waals surface area (Å²) in [6.07, 6.45) is -0.875. The van der Waals surface area contributed by atoms with Crippen LogP contribution < -0.4 is 0 Å². The molecule has 52 valence electrons. The molecule has 1 N–H and O–H groups in total. The molecule has 1 aliphatic rings. The van der Waals surface area contributed by atoms with E-state index in [9.17, 15) is 4.79 Å². The van der Waals surface area contributed by atoms with Crippen LogP contribution in [0.15, 0.2) is 0 Å². The third-order valence-electron chi connectivity index (χ3n) is 1.11. The van der Waals surface area contributed by atoms with E-state index in [2.05, 4.69) is 12.6 Å². The number of hydrogen-bond donors (Lipinski definition) is 2. The number of carbonyl (C=O) groups is 1. The molecular formula is C4H7NO2S2. The van der Waals surface area contributed by atoms with Gasteiger partial charge < -0.3 is 5.11 Å². The number of hydrogen-bond acceptors (Lipinski definition) is 3. The van der Waals surface area contributed by atoms with E-state index in [1.165, 1.54) is 4.90 Å². The second-order valence-corrected chi connectivity index (χ2v) is 3.70. The highest BCUT2D eigenvalue weighted by molar-refractivity contribution is 8.10. The number of thiol groups is 1. The van der Waals surface area contributed by atoms with Crippen LogP contribution >= 0.6 is 24.4 Å². The topological polar surface area (TPSA) is 40.5 Å². The summed E-state index contributed by atoms with van der Waals surface area (Å²) in [5.41, 5.74) is 0. The molecule has 1 heterocycles. The Morgan fingerprint density at radius 1 is 1.89 bits per heavy atom. The van der Waals surface area contributed by atoms with Crippen LogP contribution in [0.1, 0.15) is 0 Å². The lowest BCUT2D eigenvalue weighted by Crippen LogP contribution is -2.30. The van der Waals surface area contributed by atoms with Gasteiger partial charge in [-0.05, 0) is 0 Å². The summed E-state index contributed by atoms with van der Waals surface area (Å²) in [6, 6.07) is 0. The van der Waals surface area contributed by atoms with Gasteiger partial charge in [-0.15, -0.1) is 24.4 Å². The Hall–Kier alpha value is -0.0300. The van der Waals surface area contributed by atoms with E-state index in [0.29, 0.717) is 6.54 Å². The van der Waals surface area contributed by atoms with Crippen LogP contribution in [0.4, 0.5) is 4.79 Å². The van der Waals surface area contributed by atoms with Gasteiger partial charge >= 0.3 is 6.09 Å². The Bertz CT molecular complexity index is 130. The van der Waals surface area contributed by atoms with Crippen molar-refractivity contribution in [2.24, 2.45) is 0 Å². The van der Waals surface area contributed by atoms with E-state index in [1.54, 1.807) is 11.8 Å². The number of carboxylic acid groups (broad SMARTS) is 1. The second kappa shape index (κ2) is 2.70. The molecule has 0 saturated carbocycles. The Kier molecular flexibility index (Phi) is 2.13. The molecular weight excluding hydrogens is 158 g/mol. The lowest BCUT2D eigenvalue weighted by Gasteiger charge is -2.14. The van der Waals surface area contributed by atoms with Gasteiger partial charge in [-0.25, -0.2) is 4.79 Å². The molecule has 1 amide bonds. The maximum atomic E-state index is 10.3. The first-order valence-corrected chi connectivity index (χ1v) is 4.07. The molecule has 0 aromatic rings. The first-order chi connectivity index (χ1) is 4.22. The van der Waals surface area contributed by atoms with Gasteiger partial charge in [0.05, 0.1) is 0 Å². The average Bonchev–Trinajstić information content (AvgIpc) is 2.13. The van der Waals surface area contributed by atoms with Gasteiger partial charge in [0, 0.05) is 12.3 Å². The fourth-order valence-electron chi connectivity index (χ4n) is 0.647. The van der Waals surface area contributed by atoms with E-state index < -0.39 is 6.09 Å². The van der Waals surface area contributed by atoms with Crippen LogP contribution in [-0.2, 0) is 0 Å². The summed E-state index contributed by atoms with van der Waals surface area (Å²) in [6.45, 7) is 0.605. The smallest absolute Gasteiger partial charge is 0.408 e. The molecule has 1 fully saturated rings. The van der Waals surface area contributed by atoms with Gasteiger partial charge in [-0.1, -0.05) is 0 Å². The van der Waals surface area contributed by atoms with Crippen LogP contribution in [-0.4, -0.2) is 33.1 Å². The fourth-order valence-corrected chi connectivity index (χ4v) is 2.07. The molecule has 5 heteroatoms. The van der Waals surface area contributed by atoms with Crippen LogP contribution in [0.5, 0.6) is 0 Å².